The van der Waals surface area contributed by atoms with Crippen molar-refractivity contribution in [3.8, 4) is 0 Å². The topological polar surface area (TPSA) is 50.2 Å². The van der Waals surface area contributed by atoms with Crippen LogP contribution in [0, 0.1) is 6.92 Å². The Balaban J connectivity index is 2.77. The van der Waals surface area contributed by atoms with Crippen molar-refractivity contribution in [1.82, 2.24) is 20.0 Å². The van der Waals surface area contributed by atoms with Gasteiger partial charge in [-0.25, -0.2) is 0 Å². The van der Waals surface area contributed by atoms with Crippen molar-refractivity contribution in [1.29, 1.82) is 0 Å². The van der Waals surface area contributed by atoms with Crippen molar-refractivity contribution in [3.05, 3.63) is 16.4 Å². The minimum Gasteiger partial charge on any atom is -0.353 e. The molecule has 1 N–H and O–H groups in total. The van der Waals surface area contributed by atoms with E-state index < -0.39 is 28.8 Å². The lowest BCUT2D eigenvalue weighted by Gasteiger charge is -2.19. The Bertz CT molecular complexity index is 541. The summed E-state index contributed by atoms with van der Waals surface area (Å²) >= 11 is 5.69. The number of likely N-dealkylation sites (N-methyl/N-ethyl adjacent to an activating group) is 1. The van der Waals surface area contributed by atoms with Gasteiger partial charge in [0.1, 0.15) is 6.04 Å². The van der Waals surface area contributed by atoms with E-state index in [2.05, 4.69) is 15.3 Å². The van der Waals surface area contributed by atoms with Crippen LogP contribution in [0.1, 0.15) is 38.2 Å². The lowest BCUT2D eigenvalue weighted by atomic mass is 10.3. The van der Waals surface area contributed by atoms with E-state index in [-0.39, 0.29) is 5.69 Å². The molecule has 0 saturated carbocycles. The number of nitrogens with one attached hydrogen (secondary N) is 1. The van der Waals surface area contributed by atoms with Crippen LogP contribution in [0.25, 0.3) is 0 Å². The molecule has 0 bridgehead atoms. The minimum atomic E-state index is -4.65. The molecule has 132 valence electrons. The zero-order valence-electron chi connectivity index (χ0n) is 13.7. The maximum atomic E-state index is 12.8. The molecule has 0 aliphatic carbocycles. The van der Waals surface area contributed by atoms with Crippen LogP contribution in [0.5, 0.6) is 0 Å². The van der Waals surface area contributed by atoms with Crippen molar-refractivity contribution in [2.24, 2.45) is 0 Å². The average Bonchev–Trinajstić information content (AvgIpc) is 2.79. The molecule has 0 spiro atoms. The van der Waals surface area contributed by atoms with E-state index >= 15 is 0 Å². The molecule has 1 amide bonds. The second-order valence-corrected chi connectivity index (χ2v) is 5.56. The number of carbonyl (C=O) groups excluding carboxylic acids is 1. The first-order valence-corrected chi connectivity index (χ1v) is 7.83. The van der Waals surface area contributed by atoms with Crippen molar-refractivity contribution >= 4 is 17.5 Å². The van der Waals surface area contributed by atoms with Gasteiger partial charge in [-0.3, -0.25) is 9.48 Å². The summed E-state index contributed by atoms with van der Waals surface area (Å²) in [5.41, 5.74) is -1.05. The maximum absolute atomic E-state index is 12.8. The molecule has 0 aromatic carbocycles. The van der Waals surface area contributed by atoms with E-state index in [1.54, 1.807) is 0 Å². The van der Waals surface area contributed by atoms with Crippen molar-refractivity contribution in [2.75, 3.05) is 26.2 Å². The Morgan fingerprint density at radius 3 is 2.39 bits per heavy atom. The van der Waals surface area contributed by atoms with E-state index in [0.717, 1.165) is 17.8 Å². The summed E-state index contributed by atoms with van der Waals surface area (Å²) < 4.78 is 39.4. The molecule has 0 radical (unpaired) electrons. The first-order chi connectivity index (χ1) is 10.6. The zero-order chi connectivity index (χ0) is 17.8. The first kappa shape index (κ1) is 19.8. The van der Waals surface area contributed by atoms with Crippen LogP contribution < -0.4 is 5.32 Å². The standard InChI is InChI=1S/C14H22ClF3N4O/c1-5-21(6-2)8-7-19-13(23)10(4)22-9(3)11(15)12(20-22)14(16,17)18/h10H,5-8H2,1-4H3,(H,19,23)/t10-/m0/s1. The van der Waals surface area contributed by atoms with Gasteiger partial charge in [-0.2, -0.15) is 18.3 Å². The van der Waals surface area contributed by atoms with E-state index in [9.17, 15) is 18.0 Å². The monoisotopic (exact) mass is 354 g/mol. The van der Waals surface area contributed by atoms with Crippen LogP contribution in [-0.4, -0.2) is 46.8 Å². The van der Waals surface area contributed by atoms with Crippen LogP contribution in [0.15, 0.2) is 0 Å². The molecule has 0 fully saturated rings. The van der Waals surface area contributed by atoms with Gasteiger partial charge < -0.3 is 10.2 Å². The Morgan fingerprint density at radius 2 is 1.96 bits per heavy atom. The van der Waals surface area contributed by atoms with E-state index in [1.807, 2.05) is 13.8 Å². The van der Waals surface area contributed by atoms with Gasteiger partial charge in [0.15, 0.2) is 5.69 Å². The van der Waals surface area contributed by atoms with Crippen LogP contribution in [0.2, 0.25) is 5.02 Å². The summed E-state index contributed by atoms with van der Waals surface area (Å²) in [6.07, 6.45) is -4.65. The Hall–Kier alpha value is -1.28. The molecule has 0 aliphatic heterocycles. The molecule has 0 saturated heterocycles. The van der Waals surface area contributed by atoms with Crippen molar-refractivity contribution in [2.45, 2.75) is 39.9 Å². The number of halogens is 4. The number of hydrogen-bond donors (Lipinski definition) is 1. The third-order valence-corrected chi connectivity index (χ3v) is 4.17. The number of hydrogen-bond acceptors (Lipinski definition) is 3. The zero-order valence-corrected chi connectivity index (χ0v) is 14.4. The number of rotatable bonds is 7. The largest absolute Gasteiger partial charge is 0.436 e. The van der Waals surface area contributed by atoms with Crippen molar-refractivity contribution < 1.29 is 18.0 Å². The maximum Gasteiger partial charge on any atom is 0.436 e. The third-order valence-electron chi connectivity index (χ3n) is 3.71. The first-order valence-electron chi connectivity index (χ1n) is 7.45. The number of amides is 1. The van der Waals surface area contributed by atoms with Crippen LogP contribution in [0.3, 0.4) is 0 Å². The fourth-order valence-electron chi connectivity index (χ4n) is 2.19. The van der Waals surface area contributed by atoms with E-state index in [0.29, 0.717) is 13.1 Å². The fraction of sp³-hybridized carbons (Fsp3) is 0.714. The number of nitrogens with zero attached hydrogens (tertiary/aromatic N) is 3. The normalized spacial score (nSPS) is 13.4. The second kappa shape index (κ2) is 8.01. The van der Waals surface area contributed by atoms with Gasteiger partial charge in [0.25, 0.3) is 0 Å². The predicted octanol–water partition coefficient (Wildman–Crippen LogP) is 2.88. The van der Waals surface area contributed by atoms with Gasteiger partial charge in [0, 0.05) is 13.1 Å². The lowest BCUT2D eigenvalue weighted by molar-refractivity contribution is -0.141. The molecule has 1 aromatic rings. The summed E-state index contributed by atoms with van der Waals surface area (Å²) in [7, 11) is 0. The number of carbonyl (C=O) groups is 1. The molecule has 5 nitrogen and oxygen atoms in total. The average molecular weight is 355 g/mol. The third kappa shape index (κ3) is 4.84. The number of alkyl halides is 3. The molecule has 23 heavy (non-hydrogen) atoms. The van der Waals surface area contributed by atoms with E-state index in [1.165, 1.54) is 13.8 Å². The fourth-order valence-corrected chi connectivity index (χ4v) is 2.42. The highest BCUT2D eigenvalue weighted by Gasteiger charge is 2.39. The second-order valence-electron chi connectivity index (χ2n) is 5.18. The summed E-state index contributed by atoms with van der Waals surface area (Å²) in [4.78, 5) is 14.2. The SMILES string of the molecule is CCN(CC)CCNC(=O)[C@H](C)n1nc(C(F)(F)F)c(Cl)c1C. The van der Waals surface area contributed by atoms with Crippen LogP contribution >= 0.6 is 11.6 Å². The molecular formula is C14H22ClF3N4O. The lowest BCUT2D eigenvalue weighted by Crippen LogP contribution is -2.38. The minimum absolute atomic E-state index is 0.116. The van der Waals surface area contributed by atoms with E-state index in [4.69, 9.17) is 11.6 Å². The smallest absolute Gasteiger partial charge is 0.353 e. The Labute approximate surface area is 138 Å². The molecular weight excluding hydrogens is 333 g/mol. The molecule has 0 aliphatic rings. The molecule has 0 unspecified atom stereocenters. The quantitative estimate of drug-likeness (QED) is 0.819. The summed E-state index contributed by atoms with van der Waals surface area (Å²) in [5.74, 6) is -0.395. The highest BCUT2D eigenvalue weighted by atomic mass is 35.5. The Kier molecular flexibility index (Phi) is 6.88. The van der Waals surface area contributed by atoms with Crippen molar-refractivity contribution in [3.63, 3.8) is 0 Å². The van der Waals surface area contributed by atoms with Gasteiger partial charge in [-0.15, -0.1) is 0 Å². The van der Waals surface area contributed by atoms with Crippen LogP contribution in [0.4, 0.5) is 13.2 Å². The van der Waals surface area contributed by atoms with Gasteiger partial charge in [-0.05, 0) is 26.9 Å². The summed E-state index contributed by atoms with van der Waals surface area (Å²) in [5, 5.41) is 5.70. The predicted molar refractivity (Wildman–Crippen MR) is 82.5 cm³/mol. The molecule has 1 heterocycles. The highest BCUT2D eigenvalue weighted by Crippen LogP contribution is 2.36. The van der Waals surface area contributed by atoms with Gasteiger partial charge in [0.05, 0.1) is 10.7 Å². The molecule has 1 aromatic heterocycles. The number of aromatic nitrogens is 2. The van der Waals surface area contributed by atoms with Crippen LogP contribution in [-0.2, 0) is 11.0 Å². The molecule has 1 rings (SSSR count). The van der Waals surface area contributed by atoms with Gasteiger partial charge >= 0.3 is 6.18 Å². The summed E-state index contributed by atoms with van der Waals surface area (Å²) in [6.45, 7) is 9.76. The highest BCUT2D eigenvalue weighted by molar-refractivity contribution is 6.32. The molecule has 1 atom stereocenters. The molecule has 9 heteroatoms. The summed E-state index contributed by atoms with van der Waals surface area (Å²) in [6, 6.07) is -0.875. The van der Waals surface area contributed by atoms with Gasteiger partial charge in [-0.1, -0.05) is 25.4 Å². The van der Waals surface area contributed by atoms with Gasteiger partial charge in [0.2, 0.25) is 5.91 Å². The Morgan fingerprint density at radius 1 is 1.39 bits per heavy atom.